The van der Waals surface area contributed by atoms with Crippen LogP contribution < -0.4 is 5.32 Å². The van der Waals surface area contributed by atoms with E-state index in [-0.39, 0.29) is 40.7 Å². The van der Waals surface area contributed by atoms with Crippen molar-refractivity contribution in [2.24, 2.45) is 23.2 Å². The molecule has 0 bridgehead atoms. The van der Waals surface area contributed by atoms with Gasteiger partial charge in [-0.3, -0.25) is 4.79 Å². The summed E-state index contributed by atoms with van der Waals surface area (Å²) in [5.74, 6) is 0.474. The quantitative estimate of drug-likeness (QED) is 0.649. The molecule has 4 fully saturated rings. The third kappa shape index (κ3) is 2.99. The Morgan fingerprint density at radius 1 is 1.26 bits per heavy atom. The first-order chi connectivity index (χ1) is 13.0. The second-order valence-electron chi connectivity index (χ2n) is 9.36. The van der Waals surface area contributed by atoms with Gasteiger partial charge in [0.05, 0.1) is 18.1 Å². The number of rotatable bonds is 4. The summed E-state index contributed by atoms with van der Waals surface area (Å²) in [6, 6.07) is 6.49. The highest BCUT2D eigenvalue weighted by atomic mass is 19.1. The maximum Gasteiger partial charge on any atom is 0.310 e. The molecule has 2 aliphatic carbocycles. The summed E-state index contributed by atoms with van der Waals surface area (Å²) < 4.78 is 24.8. The molecule has 0 unspecified atom stereocenters. The van der Waals surface area contributed by atoms with Crippen molar-refractivity contribution in [1.29, 1.82) is 0 Å². The van der Waals surface area contributed by atoms with Crippen LogP contribution in [0.3, 0.4) is 0 Å². The lowest BCUT2D eigenvalue weighted by Gasteiger charge is -2.51. The van der Waals surface area contributed by atoms with Crippen molar-refractivity contribution in [2.45, 2.75) is 57.3 Å². The first-order valence-corrected chi connectivity index (χ1v) is 10.3. The van der Waals surface area contributed by atoms with Gasteiger partial charge in [-0.1, -0.05) is 19.1 Å². The van der Waals surface area contributed by atoms with Gasteiger partial charge in [0, 0.05) is 19.0 Å². The zero-order chi connectivity index (χ0) is 18.6. The number of carbonyl (C=O) groups excluding carboxylic acids is 1. The summed E-state index contributed by atoms with van der Waals surface area (Å²) in [5.41, 5.74) is 1.36. The fourth-order valence-corrected chi connectivity index (χ4v) is 6.16. The largest absolute Gasteiger partial charge is 0.462 e. The minimum absolute atomic E-state index is 0.0513. The zero-order valence-electron chi connectivity index (χ0n) is 15.9. The predicted molar refractivity (Wildman–Crippen MR) is 98.3 cm³/mol. The van der Waals surface area contributed by atoms with Gasteiger partial charge < -0.3 is 14.8 Å². The lowest BCUT2D eigenvalue weighted by atomic mass is 9.53. The van der Waals surface area contributed by atoms with Crippen LogP contribution in [0, 0.1) is 29.0 Å². The van der Waals surface area contributed by atoms with E-state index in [1.54, 1.807) is 12.1 Å². The average Bonchev–Trinajstić information content (AvgIpc) is 3.33. The highest BCUT2D eigenvalue weighted by Gasteiger charge is 2.64. The molecule has 5 rings (SSSR count). The van der Waals surface area contributed by atoms with Crippen LogP contribution in [0.5, 0.6) is 0 Å². The first-order valence-electron chi connectivity index (χ1n) is 10.3. The molecule has 0 aromatic heterocycles. The Kier molecular flexibility index (Phi) is 4.10. The van der Waals surface area contributed by atoms with Crippen molar-refractivity contribution in [2.75, 3.05) is 13.2 Å². The van der Waals surface area contributed by atoms with E-state index in [9.17, 15) is 9.18 Å². The summed E-state index contributed by atoms with van der Waals surface area (Å²) in [4.78, 5) is 12.6. The van der Waals surface area contributed by atoms with E-state index in [2.05, 4.69) is 12.2 Å². The Balaban J connectivity index is 1.26. The van der Waals surface area contributed by atoms with Crippen molar-refractivity contribution in [3.05, 3.63) is 35.6 Å². The maximum atomic E-state index is 13.0. The van der Waals surface area contributed by atoms with Crippen LogP contribution in [0.2, 0.25) is 0 Å². The number of ether oxygens (including phenoxy) is 2. The summed E-state index contributed by atoms with van der Waals surface area (Å²) in [7, 11) is 0. The molecule has 2 aliphatic heterocycles. The molecule has 1 aromatic rings. The molecule has 4 aliphatic rings. The Morgan fingerprint density at radius 2 is 2.04 bits per heavy atom. The third-order valence-corrected chi connectivity index (χ3v) is 7.69. The Labute approximate surface area is 159 Å². The molecule has 0 radical (unpaired) electrons. The molecule has 0 amide bonds. The molecule has 146 valence electrons. The van der Waals surface area contributed by atoms with Crippen LogP contribution in [0.15, 0.2) is 24.3 Å². The van der Waals surface area contributed by atoms with Gasteiger partial charge in [0.15, 0.2) is 0 Å². The van der Waals surface area contributed by atoms with Crippen molar-refractivity contribution >= 4 is 5.97 Å². The topological polar surface area (TPSA) is 50.9 Å². The van der Waals surface area contributed by atoms with Crippen molar-refractivity contribution in [1.82, 2.24) is 5.32 Å². The minimum Gasteiger partial charge on any atom is -0.462 e. The van der Waals surface area contributed by atoms with Gasteiger partial charge in [0.2, 0.25) is 0 Å². The summed E-state index contributed by atoms with van der Waals surface area (Å²) >= 11 is 0. The summed E-state index contributed by atoms with van der Waals surface area (Å²) in [6.45, 7) is 4.53. The monoisotopic (exact) mass is 373 g/mol. The lowest BCUT2D eigenvalue weighted by molar-refractivity contribution is -0.147. The number of benzene rings is 1. The van der Waals surface area contributed by atoms with Crippen molar-refractivity contribution < 1.29 is 18.7 Å². The number of carbonyl (C=O) groups is 1. The highest BCUT2D eigenvalue weighted by molar-refractivity contribution is 5.75. The molecular formula is C22H28FNO3. The van der Waals surface area contributed by atoms with Gasteiger partial charge >= 0.3 is 5.97 Å². The number of hydrogen-bond donors (Lipinski definition) is 1. The van der Waals surface area contributed by atoms with E-state index in [1.807, 2.05) is 0 Å². The molecular weight excluding hydrogens is 345 g/mol. The van der Waals surface area contributed by atoms with Gasteiger partial charge in [-0.2, -0.15) is 0 Å². The van der Waals surface area contributed by atoms with E-state index in [0.717, 1.165) is 25.0 Å². The van der Waals surface area contributed by atoms with E-state index < -0.39 is 0 Å². The minimum atomic E-state index is -0.227. The molecule has 2 heterocycles. The molecule has 1 spiro atoms. The van der Waals surface area contributed by atoms with Crippen molar-refractivity contribution in [3.63, 3.8) is 0 Å². The van der Waals surface area contributed by atoms with Crippen LogP contribution in [-0.2, 0) is 20.8 Å². The smallest absolute Gasteiger partial charge is 0.310 e. The van der Waals surface area contributed by atoms with Crippen LogP contribution >= 0.6 is 0 Å². The number of esters is 1. The number of fused-ring (bicyclic) bond motifs is 3. The molecule has 1 aromatic carbocycles. The molecule has 4 nitrogen and oxygen atoms in total. The van der Waals surface area contributed by atoms with Gasteiger partial charge in [0.1, 0.15) is 11.9 Å². The second-order valence-corrected chi connectivity index (χ2v) is 9.36. The van der Waals surface area contributed by atoms with Crippen LogP contribution in [0.1, 0.15) is 44.6 Å². The summed E-state index contributed by atoms with van der Waals surface area (Å²) in [5, 5.41) is 3.39. The normalized spacial score (nSPS) is 42.5. The van der Waals surface area contributed by atoms with Gasteiger partial charge in [-0.15, -0.1) is 0 Å². The van der Waals surface area contributed by atoms with Crippen LogP contribution in [0.25, 0.3) is 0 Å². The Bertz CT molecular complexity index is 732. The molecule has 1 N–H and O–H groups in total. The van der Waals surface area contributed by atoms with Gasteiger partial charge in [-0.05, 0) is 61.1 Å². The van der Waals surface area contributed by atoms with E-state index in [1.165, 1.54) is 31.4 Å². The Morgan fingerprint density at radius 3 is 2.78 bits per heavy atom. The first kappa shape index (κ1) is 17.6. The second kappa shape index (κ2) is 6.28. The predicted octanol–water partition coefficient (Wildman–Crippen LogP) is 3.44. The van der Waals surface area contributed by atoms with E-state index >= 15 is 0 Å². The molecule has 2 saturated heterocycles. The summed E-state index contributed by atoms with van der Waals surface area (Å²) in [6.07, 6.45) is 5.69. The molecule has 27 heavy (non-hydrogen) atoms. The van der Waals surface area contributed by atoms with E-state index in [0.29, 0.717) is 19.0 Å². The average molecular weight is 373 g/mol. The fourth-order valence-electron chi connectivity index (χ4n) is 6.16. The number of epoxide rings is 1. The number of hydrogen-bond acceptors (Lipinski definition) is 4. The van der Waals surface area contributed by atoms with Crippen molar-refractivity contribution in [3.8, 4) is 0 Å². The third-order valence-electron chi connectivity index (χ3n) is 7.69. The number of nitrogens with one attached hydrogen (secondary N) is 1. The standard InChI is InChI=1S/C22H28FNO3/c1-21-7-2-8-22(13-26-22)19(21)9-16-17(20(25)27-18(16)10-21)12-24-11-14-3-5-15(23)6-4-14/h3-6,16-19,24H,2,7-13H2,1H3/t16-,17+,18+,19-,21+,22-/m0/s1. The molecule has 2 saturated carbocycles. The van der Waals surface area contributed by atoms with Crippen LogP contribution in [-0.4, -0.2) is 30.8 Å². The maximum absolute atomic E-state index is 13.0. The molecule has 6 atom stereocenters. The number of halogens is 1. The molecule has 5 heteroatoms. The van der Waals surface area contributed by atoms with Crippen LogP contribution in [0.4, 0.5) is 4.39 Å². The fraction of sp³-hybridized carbons (Fsp3) is 0.682. The lowest BCUT2D eigenvalue weighted by Crippen LogP contribution is -2.51. The Hall–Kier alpha value is -1.46. The highest BCUT2D eigenvalue weighted by Crippen LogP contribution is 2.62. The van der Waals surface area contributed by atoms with E-state index in [4.69, 9.17) is 9.47 Å². The van der Waals surface area contributed by atoms with Gasteiger partial charge in [-0.25, -0.2) is 4.39 Å². The SMILES string of the molecule is C[C@]12CCC[C@]3(CO3)[C@H]1C[C@@H]1[C@@H](C2)OC(=O)[C@@H]1CNCc1ccc(F)cc1. The zero-order valence-corrected chi connectivity index (χ0v) is 15.9. The van der Waals surface area contributed by atoms with Gasteiger partial charge in [0.25, 0.3) is 0 Å².